The van der Waals surface area contributed by atoms with Gasteiger partial charge in [0.05, 0.1) is 6.26 Å². The maximum atomic E-state index is 10.6. The highest BCUT2D eigenvalue weighted by atomic mass is 16.5. The molecule has 11 heavy (non-hydrogen) atoms. The summed E-state index contributed by atoms with van der Waals surface area (Å²) in [5.74, 6) is -0.370. The number of esters is 1. The molecule has 0 N–H and O–H groups in total. The molecule has 0 aliphatic carbocycles. The number of rotatable bonds is 3. The average Bonchev–Trinajstić information content (AvgIpc) is 1.87. The number of carbonyl (C=O) groups is 1. The van der Waals surface area contributed by atoms with Gasteiger partial charge in [-0.15, -0.1) is 0 Å². The van der Waals surface area contributed by atoms with Gasteiger partial charge in [0.1, 0.15) is 0 Å². The van der Waals surface area contributed by atoms with Crippen molar-refractivity contribution in [2.45, 2.75) is 13.8 Å². The summed E-state index contributed by atoms with van der Waals surface area (Å²) >= 11 is 0. The third-order valence-electron chi connectivity index (χ3n) is 0.840. The van der Waals surface area contributed by atoms with E-state index in [-0.39, 0.29) is 5.97 Å². The first-order valence-electron chi connectivity index (χ1n) is 3.32. The fourth-order valence-electron chi connectivity index (χ4n) is 0.393. The van der Waals surface area contributed by atoms with Crippen LogP contribution in [-0.2, 0) is 9.53 Å². The van der Waals surface area contributed by atoms with E-state index in [0.717, 1.165) is 5.57 Å². The molecule has 0 aromatic heterocycles. The van der Waals surface area contributed by atoms with Gasteiger partial charge in [0.25, 0.3) is 0 Å². The Hall–Kier alpha value is -1.31. The molecule has 60 valence electrons. The van der Waals surface area contributed by atoms with Crippen LogP contribution >= 0.6 is 0 Å². The maximum absolute atomic E-state index is 10.6. The summed E-state index contributed by atoms with van der Waals surface area (Å²) in [6.07, 6.45) is 5.92. The lowest BCUT2D eigenvalue weighted by atomic mass is 10.3. The Morgan fingerprint density at radius 1 is 1.45 bits per heavy atom. The number of ether oxygens (including phenoxy) is 1. The summed E-state index contributed by atoms with van der Waals surface area (Å²) in [4.78, 5) is 10.6. The molecular formula is C9H12O2. The minimum atomic E-state index is -0.370. The summed E-state index contributed by atoms with van der Waals surface area (Å²) in [6.45, 7) is 7.17. The van der Waals surface area contributed by atoms with Crippen molar-refractivity contribution in [1.82, 2.24) is 0 Å². The van der Waals surface area contributed by atoms with E-state index < -0.39 is 0 Å². The third-order valence-corrected chi connectivity index (χ3v) is 0.840. The van der Waals surface area contributed by atoms with Crippen molar-refractivity contribution in [3.05, 3.63) is 36.6 Å². The van der Waals surface area contributed by atoms with E-state index in [2.05, 4.69) is 11.3 Å². The normalized spacial score (nSPS) is 10.7. The summed E-state index contributed by atoms with van der Waals surface area (Å²) in [5, 5.41) is 0. The van der Waals surface area contributed by atoms with Gasteiger partial charge in [-0.25, -0.2) is 4.79 Å². The SMILES string of the molecule is C=C(C)/C=C\OC(=O)/C=C/C. The first-order valence-corrected chi connectivity index (χ1v) is 3.32. The second-order valence-corrected chi connectivity index (χ2v) is 2.09. The van der Waals surface area contributed by atoms with Crippen molar-refractivity contribution in [3.63, 3.8) is 0 Å². The number of allylic oxidation sites excluding steroid dienone is 3. The molecule has 0 aromatic rings. The van der Waals surface area contributed by atoms with Crippen LogP contribution in [0.5, 0.6) is 0 Å². The Balaban J connectivity index is 3.70. The van der Waals surface area contributed by atoms with E-state index >= 15 is 0 Å². The summed E-state index contributed by atoms with van der Waals surface area (Å²) in [5.41, 5.74) is 0.846. The lowest BCUT2D eigenvalue weighted by molar-refractivity contribution is -0.132. The summed E-state index contributed by atoms with van der Waals surface area (Å²) in [6, 6.07) is 0. The van der Waals surface area contributed by atoms with Gasteiger partial charge in [-0.3, -0.25) is 0 Å². The van der Waals surface area contributed by atoms with Crippen LogP contribution in [0.1, 0.15) is 13.8 Å². The van der Waals surface area contributed by atoms with Crippen molar-refractivity contribution in [2.24, 2.45) is 0 Å². The van der Waals surface area contributed by atoms with Gasteiger partial charge in [-0.1, -0.05) is 18.2 Å². The van der Waals surface area contributed by atoms with Crippen LogP contribution in [-0.4, -0.2) is 5.97 Å². The van der Waals surface area contributed by atoms with Crippen LogP contribution in [0.2, 0.25) is 0 Å². The fourth-order valence-corrected chi connectivity index (χ4v) is 0.393. The molecule has 0 amide bonds. The molecule has 0 atom stereocenters. The minimum Gasteiger partial charge on any atom is -0.431 e. The van der Waals surface area contributed by atoms with Crippen LogP contribution in [0.25, 0.3) is 0 Å². The van der Waals surface area contributed by atoms with Crippen molar-refractivity contribution < 1.29 is 9.53 Å². The van der Waals surface area contributed by atoms with Crippen molar-refractivity contribution in [3.8, 4) is 0 Å². The van der Waals surface area contributed by atoms with Gasteiger partial charge in [0.2, 0.25) is 0 Å². The summed E-state index contributed by atoms with van der Waals surface area (Å²) in [7, 11) is 0. The second kappa shape index (κ2) is 5.47. The van der Waals surface area contributed by atoms with Crippen LogP contribution in [0.3, 0.4) is 0 Å². The molecule has 0 aliphatic heterocycles. The Bertz CT molecular complexity index is 200. The van der Waals surface area contributed by atoms with Gasteiger partial charge >= 0.3 is 5.97 Å². The zero-order chi connectivity index (χ0) is 8.69. The second-order valence-electron chi connectivity index (χ2n) is 2.09. The molecule has 0 aromatic carbocycles. The predicted octanol–water partition coefficient (Wildman–Crippen LogP) is 2.20. The Morgan fingerprint density at radius 2 is 2.09 bits per heavy atom. The topological polar surface area (TPSA) is 26.3 Å². The van der Waals surface area contributed by atoms with Gasteiger partial charge in [-0.2, -0.15) is 0 Å². The Morgan fingerprint density at radius 3 is 2.55 bits per heavy atom. The van der Waals surface area contributed by atoms with Crippen LogP contribution in [0, 0.1) is 0 Å². The largest absolute Gasteiger partial charge is 0.431 e. The molecule has 0 bridgehead atoms. The van der Waals surface area contributed by atoms with Gasteiger partial charge in [0, 0.05) is 6.08 Å². The fraction of sp³-hybridized carbons (Fsp3) is 0.222. The Labute approximate surface area is 66.9 Å². The highest BCUT2D eigenvalue weighted by Crippen LogP contribution is 1.90. The van der Waals surface area contributed by atoms with Crippen molar-refractivity contribution in [2.75, 3.05) is 0 Å². The average molecular weight is 152 g/mol. The van der Waals surface area contributed by atoms with Crippen molar-refractivity contribution in [1.29, 1.82) is 0 Å². The first kappa shape index (κ1) is 9.69. The number of hydrogen-bond donors (Lipinski definition) is 0. The highest BCUT2D eigenvalue weighted by molar-refractivity contribution is 5.82. The molecule has 0 heterocycles. The number of hydrogen-bond acceptors (Lipinski definition) is 2. The van der Waals surface area contributed by atoms with E-state index in [1.54, 1.807) is 19.1 Å². The molecule has 0 fully saturated rings. The summed E-state index contributed by atoms with van der Waals surface area (Å²) < 4.78 is 4.63. The molecule has 0 aliphatic rings. The van der Waals surface area contributed by atoms with E-state index in [1.165, 1.54) is 12.3 Å². The lowest BCUT2D eigenvalue weighted by Crippen LogP contribution is -1.92. The maximum Gasteiger partial charge on any atom is 0.335 e. The minimum absolute atomic E-state index is 0.370. The van der Waals surface area contributed by atoms with Crippen molar-refractivity contribution >= 4 is 5.97 Å². The van der Waals surface area contributed by atoms with Crippen LogP contribution < -0.4 is 0 Å². The molecule has 0 radical (unpaired) electrons. The third kappa shape index (κ3) is 6.58. The highest BCUT2D eigenvalue weighted by Gasteiger charge is 1.88. The lowest BCUT2D eigenvalue weighted by Gasteiger charge is -1.90. The van der Waals surface area contributed by atoms with Crippen LogP contribution in [0.4, 0.5) is 0 Å². The number of carbonyl (C=O) groups excluding carboxylic acids is 1. The van der Waals surface area contributed by atoms with Gasteiger partial charge in [0.15, 0.2) is 0 Å². The van der Waals surface area contributed by atoms with E-state index in [0.29, 0.717) is 0 Å². The zero-order valence-electron chi connectivity index (χ0n) is 6.83. The van der Waals surface area contributed by atoms with Crippen LogP contribution in [0.15, 0.2) is 36.6 Å². The van der Waals surface area contributed by atoms with E-state index in [4.69, 9.17) is 0 Å². The molecular weight excluding hydrogens is 140 g/mol. The van der Waals surface area contributed by atoms with Gasteiger partial charge < -0.3 is 4.74 Å². The molecule has 2 nitrogen and oxygen atoms in total. The molecule has 0 spiro atoms. The monoisotopic (exact) mass is 152 g/mol. The molecule has 0 rings (SSSR count). The van der Waals surface area contributed by atoms with E-state index in [9.17, 15) is 4.79 Å². The first-order chi connectivity index (χ1) is 5.16. The predicted molar refractivity (Wildman–Crippen MR) is 44.9 cm³/mol. The standard InChI is InChI=1S/C9H12O2/c1-4-5-9(10)11-7-6-8(2)3/h4-7H,2H2,1,3H3/b5-4+,7-6-. The molecule has 2 heteroatoms. The molecule has 0 saturated heterocycles. The van der Waals surface area contributed by atoms with Gasteiger partial charge in [-0.05, 0) is 19.9 Å². The smallest absolute Gasteiger partial charge is 0.335 e. The zero-order valence-corrected chi connectivity index (χ0v) is 6.83. The van der Waals surface area contributed by atoms with E-state index in [1.807, 2.05) is 6.92 Å². The quantitative estimate of drug-likeness (QED) is 0.268. The molecule has 0 saturated carbocycles. The molecule has 0 unspecified atom stereocenters. The Kier molecular flexibility index (Phi) is 4.82.